The van der Waals surface area contributed by atoms with Gasteiger partial charge in [0, 0.05) is 39.3 Å². The summed E-state index contributed by atoms with van der Waals surface area (Å²) in [5, 5.41) is 0. The largest absolute Gasteiger partial charge is 0.305 e. The van der Waals surface area contributed by atoms with Crippen molar-refractivity contribution in [3.8, 4) is 0 Å². The van der Waals surface area contributed by atoms with Crippen LogP contribution in [-0.4, -0.2) is 68.3 Å². The minimum atomic E-state index is 0.880. The van der Waals surface area contributed by atoms with Crippen molar-refractivity contribution in [2.45, 2.75) is 13.1 Å². The number of hydrogen-bond donors (Lipinski definition) is 0. The molecule has 1 fully saturated rings. The molecule has 1 aliphatic heterocycles. The summed E-state index contributed by atoms with van der Waals surface area (Å²) in [7, 11) is 6.32. The molecule has 148 valence electrons. The number of hydrogen-bond acceptors (Lipinski definition) is 4. The minimum absolute atomic E-state index is 0.880. The number of carbonyl (C=O) groups is 1. The van der Waals surface area contributed by atoms with Crippen molar-refractivity contribution in [1.29, 1.82) is 0 Å². The van der Waals surface area contributed by atoms with Crippen molar-refractivity contribution in [3.63, 3.8) is 0 Å². The Morgan fingerprint density at radius 3 is 2.50 bits per heavy atom. The fraction of sp³-hybridized carbons (Fsp3) is 0.375. The van der Waals surface area contributed by atoms with E-state index in [-0.39, 0.29) is 0 Å². The average molecular weight is 378 g/mol. The molecule has 2 aromatic carbocycles. The van der Waals surface area contributed by atoms with Crippen LogP contribution < -0.4 is 0 Å². The lowest BCUT2D eigenvalue weighted by molar-refractivity contribution is -0.104. The van der Waals surface area contributed by atoms with Crippen LogP contribution >= 0.6 is 0 Å². The third-order valence-corrected chi connectivity index (χ3v) is 5.27. The summed E-state index contributed by atoms with van der Waals surface area (Å²) < 4.78 is 0. The fourth-order valence-electron chi connectivity index (χ4n) is 3.78. The second-order valence-corrected chi connectivity index (χ2v) is 7.89. The molecule has 0 aromatic heterocycles. The van der Waals surface area contributed by atoms with Gasteiger partial charge in [-0.25, -0.2) is 0 Å². The van der Waals surface area contributed by atoms with Crippen molar-refractivity contribution in [3.05, 3.63) is 76.9 Å². The molecule has 0 unspecified atom stereocenters. The van der Waals surface area contributed by atoms with E-state index in [9.17, 15) is 4.79 Å². The molecule has 0 atom stereocenters. The maximum Gasteiger partial charge on any atom is 0.143 e. The molecule has 0 N–H and O–H groups in total. The van der Waals surface area contributed by atoms with Gasteiger partial charge in [0.25, 0.3) is 0 Å². The SMILES string of the molecule is CN(C)Cc1cccc(C(=CC=O)c2ccccc2CN2CCN(C)CC2)c1. The highest BCUT2D eigenvalue weighted by atomic mass is 16.1. The van der Waals surface area contributed by atoms with Crippen molar-refractivity contribution in [1.82, 2.24) is 14.7 Å². The van der Waals surface area contributed by atoms with Gasteiger partial charge in [0.15, 0.2) is 0 Å². The molecule has 1 heterocycles. The maximum atomic E-state index is 11.5. The van der Waals surface area contributed by atoms with Gasteiger partial charge in [-0.05, 0) is 61.1 Å². The topological polar surface area (TPSA) is 26.8 Å². The summed E-state index contributed by atoms with van der Waals surface area (Å²) in [6.45, 7) is 6.16. The first-order valence-electron chi connectivity index (χ1n) is 9.95. The van der Waals surface area contributed by atoms with E-state index in [1.807, 2.05) is 0 Å². The molecule has 0 amide bonds. The molecular weight excluding hydrogens is 346 g/mol. The second kappa shape index (κ2) is 9.78. The lowest BCUT2D eigenvalue weighted by atomic mass is 9.92. The maximum absolute atomic E-state index is 11.5. The van der Waals surface area contributed by atoms with Crippen LogP contribution in [0.25, 0.3) is 5.57 Å². The molecule has 3 rings (SSSR count). The van der Waals surface area contributed by atoms with Crippen LogP contribution in [-0.2, 0) is 17.9 Å². The highest BCUT2D eigenvalue weighted by Gasteiger charge is 2.17. The lowest BCUT2D eigenvalue weighted by Gasteiger charge is -2.33. The zero-order chi connectivity index (χ0) is 19.9. The van der Waals surface area contributed by atoms with Gasteiger partial charge >= 0.3 is 0 Å². The lowest BCUT2D eigenvalue weighted by Crippen LogP contribution is -2.44. The molecule has 1 saturated heterocycles. The smallest absolute Gasteiger partial charge is 0.143 e. The fourth-order valence-corrected chi connectivity index (χ4v) is 3.78. The van der Waals surface area contributed by atoms with Crippen LogP contribution in [0.15, 0.2) is 54.6 Å². The van der Waals surface area contributed by atoms with Crippen LogP contribution in [0.2, 0.25) is 0 Å². The van der Waals surface area contributed by atoms with E-state index in [1.165, 1.54) is 11.1 Å². The monoisotopic (exact) mass is 377 g/mol. The highest BCUT2D eigenvalue weighted by Crippen LogP contribution is 2.28. The van der Waals surface area contributed by atoms with E-state index in [4.69, 9.17) is 0 Å². The molecule has 0 spiro atoms. The molecule has 0 aliphatic carbocycles. The summed E-state index contributed by atoms with van der Waals surface area (Å²) in [4.78, 5) is 18.5. The highest BCUT2D eigenvalue weighted by molar-refractivity contribution is 5.90. The van der Waals surface area contributed by atoms with Gasteiger partial charge in [0.05, 0.1) is 0 Å². The second-order valence-electron chi connectivity index (χ2n) is 7.89. The molecule has 1 aliphatic rings. The predicted octanol–water partition coefficient (Wildman–Crippen LogP) is 3.13. The van der Waals surface area contributed by atoms with E-state index >= 15 is 0 Å². The Kier molecular flexibility index (Phi) is 7.15. The third-order valence-electron chi connectivity index (χ3n) is 5.27. The number of piperazine rings is 1. The standard InChI is InChI=1S/C24H31N3O/c1-25(2)18-20-7-6-9-21(17-20)24(11-16-28)23-10-5-4-8-22(23)19-27-14-12-26(3)13-15-27/h4-11,16-17H,12-15,18-19H2,1-3H3. The number of likely N-dealkylation sites (N-methyl/N-ethyl adjacent to an activating group) is 1. The molecule has 4 heteroatoms. The van der Waals surface area contributed by atoms with Gasteiger partial charge in [0.2, 0.25) is 0 Å². The van der Waals surface area contributed by atoms with Gasteiger partial charge in [0.1, 0.15) is 6.29 Å². The van der Waals surface area contributed by atoms with E-state index in [1.54, 1.807) is 6.08 Å². The summed E-state index contributed by atoms with van der Waals surface area (Å²) >= 11 is 0. The van der Waals surface area contributed by atoms with Crippen molar-refractivity contribution in [2.75, 3.05) is 47.3 Å². The molecule has 2 aromatic rings. The minimum Gasteiger partial charge on any atom is -0.305 e. The van der Waals surface area contributed by atoms with E-state index in [0.29, 0.717) is 0 Å². The molecule has 4 nitrogen and oxygen atoms in total. The third kappa shape index (κ3) is 5.38. The number of rotatable bonds is 7. The first-order valence-corrected chi connectivity index (χ1v) is 9.95. The zero-order valence-corrected chi connectivity index (χ0v) is 17.3. The Balaban J connectivity index is 1.91. The Morgan fingerprint density at radius 1 is 1.04 bits per heavy atom. The number of allylic oxidation sites excluding steroid dienone is 1. The predicted molar refractivity (Wildman–Crippen MR) is 116 cm³/mol. The number of nitrogens with zero attached hydrogens (tertiary/aromatic N) is 3. The van der Waals surface area contributed by atoms with E-state index in [2.05, 4.69) is 84.4 Å². The van der Waals surface area contributed by atoms with Crippen LogP contribution in [0.5, 0.6) is 0 Å². The van der Waals surface area contributed by atoms with E-state index in [0.717, 1.165) is 62.3 Å². The van der Waals surface area contributed by atoms with Crippen LogP contribution in [0.3, 0.4) is 0 Å². The zero-order valence-electron chi connectivity index (χ0n) is 17.3. The molecule has 0 bridgehead atoms. The van der Waals surface area contributed by atoms with Crippen LogP contribution in [0, 0.1) is 0 Å². The summed E-state index contributed by atoms with van der Waals surface area (Å²) in [5.74, 6) is 0. The Labute approximate surface area is 169 Å². The Morgan fingerprint density at radius 2 is 1.79 bits per heavy atom. The van der Waals surface area contributed by atoms with Gasteiger partial charge < -0.3 is 9.80 Å². The van der Waals surface area contributed by atoms with Crippen molar-refractivity contribution in [2.24, 2.45) is 0 Å². The summed E-state index contributed by atoms with van der Waals surface area (Å²) in [6.07, 6.45) is 2.61. The summed E-state index contributed by atoms with van der Waals surface area (Å²) in [6, 6.07) is 17.0. The number of benzene rings is 2. The molecule has 0 radical (unpaired) electrons. The molecule has 0 saturated carbocycles. The quantitative estimate of drug-likeness (QED) is 0.547. The van der Waals surface area contributed by atoms with Crippen LogP contribution in [0.1, 0.15) is 22.3 Å². The normalized spacial score (nSPS) is 16.5. The van der Waals surface area contributed by atoms with Gasteiger partial charge in [-0.2, -0.15) is 0 Å². The number of carbonyl (C=O) groups excluding carboxylic acids is 1. The van der Waals surface area contributed by atoms with Crippen molar-refractivity contribution < 1.29 is 4.79 Å². The van der Waals surface area contributed by atoms with Gasteiger partial charge in [-0.3, -0.25) is 9.69 Å². The molecule has 28 heavy (non-hydrogen) atoms. The van der Waals surface area contributed by atoms with Gasteiger partial charge in [-0.1, -0.05) is 42.5 Å². The Hall–Kier alpha value is -2.27. The van der Waals surface area contributed by atoms with E-state index < -0.39 is 0 Å². The first kappa shape index (κ1) is 20.5. The average Bonchev–Trinajstić information content (AvgIpc) is 2.68. The summed E-state index contributed by atoms with van der Waals surface area (Å²) in [5.41, 5.74) is 5.77. The van der Waals surface area contributed by atoms with Crippen LogP contribution in [0.4, 0.5) is 0 Å². The van der Waals surface area contributed by atoms with Crippen molar-refractivity contribution >= 4 is 11.9 Å². The van der Waals surface area contributed by atoms with Gasteiger partial charge in [-0.15, -0.1) is 0 Å². The Bertz CT molecular complexity index is 820. The number of aldehydes is 1. The first-order chi connectivity index (χ1) is 13.6. The molecular formula is C24H31N3O.